The predicted molar refractivity (Wildman–Crippen MR) is 105 cm³/mol. The Hall–Kier alpha value is -2.98. The van der Waals surface area contributed by atoms with Crippen molar-refractivity contribution < 1.29 is 9.15 Å². The van der Waals surface area contributed by atoms with Crippen molar-refractivity contribution in [2.24, 2.45) is 0 Å². The van der Waals surface area contributed by atoms with Crippen LogP contribution in [0.15, 0.2) is 69.9 Å². The molecule has 0 spiro atoms. The molecule has 3 aromatic carbocycles. The summed E-state index contributed by atoms with van der Waals surface area (Å²) in [5.74, 6) is 0.687. The number of rotatable bonds is 4. The SMILES string of the molecule is COc1ccc(Cl)cc1NCc1cc(=O)oc2ccc3ccccc3c12. The first-order valence-corrected chi connectivity index (χ1v) is 8.55. The number of methoxy groups -OCH3 is 1. The maximum absolute atomic E-state index is 12.0. The lowest BCUT2D eigenvalue weighted by molar-refractivity contribution is 0.416. The number of anilines is 1. The van der Waals surface area contributed by atoms with E-state index in [0.29, 0.717) is 22.9 Å². The van der Waals surface area contributed by atoms with E-state index in [4.69, 9.17) is 20.8 Å². The summed E-state index contributed by atoms with van der Waals surface area (Å²) >= 11 is 6.09. The minimum absolute atomic E-state index is 0.373. The third-order valence-electron chi connectivity index (χ3n) is 4.35. The fourth-order valence-electron chi connectivity index (χ4n) is 3.17. The van der Waals surface area contributed by atoms with Crippen molar-refractivity contribution in [2.75, 3.05) is 12.4 Å². The average molecular weight is 366 g/mol. The number of benzene rings is 3. The Morgan fingerprint density at radius 3 is 2.77 bits per heavy atom. The molecular weight excluding hydrogens is 350 g/mol. The lowest BCUT2D eigenvalue weighted by atomic mass is 10.0. The van der Waals surface area contributed by atoms with Crippen LogP contribution in [-0.2, 0) is 6.54 Å². The van der Waals surface area contributed by atoms with Crippen LogP contribution in [0.4, 0.5) is 5.69 Å². The Morgan fingerprint density at radius 1 is 1.08 bits per heavy atom. The molecular formula is C21H16ClNO3. The van der Waals surface area contributed by atoms with Gasteiger partial charge in [-0.2, -0.15) is 0 Å². The van der Waals surface area contributed by atoms with Crippen molar-refractivity contribution in [1.29, 1.82) is 0 Å². The molecule has 0 bridgehead atoms. The number of halogens is 1. The van der Waals surface area contributed by atoms with E-state index in [1.54, 1.807) is 25.3 Å². The van der Waals surface area contributed by atoms with Gasteiger partial charge in [0.2, 0.25) is 0 Å². The highest BCUT2D eigenvalue weighted by molar-refractivity contribution is 6.30. The van der Waals surface area contributed by atoms with Crippen molar-refractivity contribution in [1.82, 2.24) is 0 Å². The summed E-state index contributed by atoms with van der Waals surface area (Å²) < 4.78 is 10.8. The second-order valence-electron chi connectivity index (χ2n) is 5.95. The number of fused-ring (bicyclic) bond motifs is 3. The monoisotopic (exact) mass is 365 g/mol. The van der Waals surface area contributed by atoms with Crippen LogP contribution in [0, 0.1) is 0 Å². The van der Waals surface area contributed by atoms with Crippen molar-refractivity contribution in [3.8, 4) is 5.75 Å². The van der Waals surface area contributed by atoms with Crippen molar-refractivity contribution in [3.05, 3.63) is 81.7 Å². The lowest BCUT2D eigenvalue weighted by Gasteiger charge is -2.13. The molecule has 0 aliphatic heterocycles. The Kier molecular flexibility index (Phi) is 4.27. The van der Waals surface area contributed by atoms with E-state index in [2.05, 4.69) is 5.32 Å². The third kappa shape index (κ3) is 3.00. The van der Waals surface area contributed by atoms with Crippen LogP contribution in [0.5, 0.6) is 5.75 Å². The summed E-state index contributed by atoms with van der Waals surface area (Å²) in [6.45, 7) is 0.437. The topological polar surface area (TPSA) is 51.5 Å². The Bertz CT molecular complexity index is 1170. The summed E-state index contributed by atoms with van der Waals surface area (Å²) in [7, 11) is 1.61. The number of hydrogen-bond donors (Lipinski definition) is 1. The molecule has 26 heavy (non-hydrogen) atoms. The molecule has 1 aromatic heterocycles. The van der Waals surface area contributed by atoms with Crippen LogP contribution in [-0.4, -0.2) is 7.11 Å². The molecule has 0 aliphatic rings. The van der Waals surface area contributed by atoms with E-state index in [0.717, 1.165) is 27.4 Å². The standard InChI is InChI=1S/C21H16ClNO3/c1-25-18-9-7-15(22)11-17(18)23-12-14-10-20(24)26-19-8-6-13-4-2-3-5-16(13)21(14)19/h2-11,23H,12H2,1H3. The third-order valence-corrected chi connectivity index (χ3v) is 4.58. The average Bonchev–Trinajstić information content (AvgIpc) is 2.65. The summed E-state index contributed by atoms with van der Waals surface area (Å²) in [5.41, 5.74) is 1.82. The molecule has 0 fully saturated rings. The van der Waals surface area contributed by atoms with Crippen molar-refractivity contribution in [3.63, 3.8) is 0 Å². The molecule has 0 unspecified atom stereocenters. The molecule has 4 rings (SSSR count). The van der Waals surface area contributed by atoms with Gasteiger partial charge in [-0.25, -0.2) is 4.79 Å². The van der Waals surface area contributed by atoms with Crippen LogP contribution >= 0.6 is 11.6 Å². The molecule has 4 nitrogen and oxygen atoms in total. The van der Waals surface area contributed by atoms with E-state index in [1.165, 1.54) is 6.07 Å². The molecule has 5 heteroatoms. The number of ether oxygens (including phenoxy) is 1. The second kappa shape index (κ2) is 6.73. The maximum Gasteiger partial charge on any atom is 0.336 e. The van der Waals surface area contributed by atoms with Gasteiger partial charge in [-0.05, 0) is 40.6 Å². The maximum atomic E-state index is 12.0. The molecule has 0 saturated heterocycles. The van der Waals surface area contributed by atoms with Gasteiger partial charge in [-0.3, -0.25) is 0 Å². The van der Waals surface area contributed by atoms with Gasteiger partial charge in [-0.15, -0.1) is 0 Å². The summed E-state index contributed by atoms with van der Waals surface area (Å²) in [6, 6.07) is 18.7. The van der Waals surface area contributed by atoms with Crippen LogP contribution < -0.4 is 15.7 Å². The van der Waals surface area contributed by atoms with Gasteiger partial charge < -0.3 is 14.5 Å². The van der Waals surface area contributed by atoms with Gasteiger partial charge in [0, 0.05) is 23.0 Å². The summed E-state index contributed by atoms with van der Waals surface area (Å²) in [5, 5.41) is 6.99. The molecule has 1 heterocycles. The van der Waals surface area contributed by atoms with E-state index in [-0.39, 0.29) is 5.63 Å². The fraction of sp³-hybridized carbons (Fsp3) is 0.0952. The predicted octanol–water partition coefficient (Wildman–Crippen LogP) is 5.22. The molecule has 0 aliphatic carbocycles. The van der Waals surface area contributed by atoms with Gasteiger partial charge in [0.1, 0.15) is 11.3 Å². The number of nitrogens with one attached hydrogen (secondary N) is 1. The Labute approximate surface area is 155 Å². The molecule has 0 amide bonds. The van der Waals surface area contributed by atoms with Crippen molar-refractivity contribution >= 4 is 39.0 Å². The highest BCUT2D eigenvalue weighted by Crippen LogP contribution is 2.30. The smallest absolute Gasteiger partial charge is 0.336 e. The molecule has 1 N–H and O–H groups in total. The molecule has 0 saturated carbocycles. The first-order chi connectivity index (χ1) is 12.7. The zero-order valence-corrected chi connectivity index (χ0v) is 14.8. The zero-order valence-electron chi connectivity index (χ0n) is 14.1. The van der Waals surface area contributed by atoms with E-state index >= 15 is 0 Å². The van der Waals surface area contributed by atoms with Crippen LogP contribution in [0.3, 0.4) is 0 Å². The molecule has 4 aromatic rings. The molecule has 0 atom stereocenters. The quantitative estimate of drug-likeness (QED) is 0.398. The van der Waals surface area contributed by atoms with Crippen LogP contribution in [0.1, 0.15) is 5.56 Å². The Balaban J connectivity index is 1.83. The number of hydrogen-bond acceptors (Lipinski definition) is 4. The van der Waals surface area contributed by atoms with E-state index in [9.17, 15) is 4.79 Å². The second-order valence-corrected chi connectivity index (χ2v) is 6.39. The van der Waals surface area contributed by atoms with Gasteiger partial charge >= 0.3 is 5.63 Å². The lowest BCUT2D eigenvalue weighted by Crippen LogP contribution is -2.07. The van der Waals surface area contributed by atoms with E-state index < -0.39 is 0 Å². The van der Waals surface area contributed by atoms with Gasteiger partial charge in [0.25, 0.3) is 0 Å². The highest BCUT2D eigenvalue weighted by Gasteiger charge is 2.11. The van der Waals surface area contributed by atoms with Gasteiger partial charge in [-0.1, -0.05) is 41.9 Å². The van der Waals surface area contributed by atoms with Gasteiger partial charge in [0.15, 0.2) is 0 Å². The minimum atomic E-state index is -0.373. The van der Waals surface area contributed by atoms with Crippen LogP contribution in [0.25, 0.3) is 21.7 Å². The highest BCUT2D eigenvalue weighted by atomic mass is 35.5. The fourth-order valence-corrected chi connectivity index (χ4v) is 3.34. The largest absolute Gasteiger partial charge is 0.495 e. The zero-order chi connectivity index (χ0) is 18.1. The Morgan fingerprint density at radius 2 is 1.92 bits per heavy atom. The first kappa shape index (κ1) is 16.5. The van der Waals surface area contributed by atoms with Gasteiger partial charge in [0.05, 0.1) is 12.8 Å². The molecule has 130 valence electrons. The first-order valence-electron chi connectivity index (χ1n) is 8.17. The summed E-state index contributed by atoms with van der Waals surface area (Å²) in [6.07, 6.45) is 0. The molecule has 0 radical (unpaired) electrons. The summed E-state index contributed by atoms with van der Waals surface area (Å²) in [4.78, 5) is 12.0. The normalized spacial score (nSPS) is 11.0. The minimum Gasteiger partial charge on any atom is -0.495 e. The van der Waals surface area contributed by atoms with Crippen molar-refractivity contribution in [2.45, 2.75) is 6.54 Å². The van der Waals surface area contributed by atoms with E-state index in [1.807, 2.05) is 36.4 Å². The van der Waals surface area contributed by atoms with Crippen LogP contribution in [0.2, 0.25) is 5.02 Å².